The van der Waals surface area contributed by atoms with Crippen LogP contribution in [0.5, 0.6) is 0 Å². The van der Waals surface area contributed by atoms with E-state index in [1.165, 1.54) is 0 Å². The number of Topliss-reactive ketones (excluding diaryl/α,β-unsaturated/α-hetero) is 2. The van der Waals surface area contributed by atoms with Gasteiger partial charge in [-0.3, -0.25) is 9.59 Å². The van der Waals surface area contributed by atoms with Gasteiger partial charge in [0.15, 0.2) is 5.67 Å². The van der Waals surface area contributed by atoms with Gasteiger partial charge in [0.1, 0.15) is 0 Å². The zero-order valence-corrected chi connectivity index (χ0v) is 7.66. The molecule has 0 aliphatic carbocycles. The number of halogens is 3. The lowest BCUT2D eigenvalue weighted by Crippen LogP contribution is -2.43. The van der Waals surface area contributed by atoms with Crippen molar-refractivity contribution >= 4 is 11.6 Å². The molecule has 0 aliphatic rings. The van der Waals surface area contributed by atoms with Crippen molar-refractivity contribution in [3.8, 4) is 0 Å². The number of hydrogen-bond donors (Lipinski definition) is 0. The molecule has 0 rings (SSSR count). The first-order valence-corrected chi connectivity index (χ1v) is 3.79. The van der Waals surface area contributed by atoms with Crippen LogP contribution < -0.4 is 0 Å². The molecular formula is C8H11F3O2. The Morgan fingerprint density at radius 1 is 1.08 bits per heavy atom. The van der Waals surface area contributed by atoms with Crippen LogP contribution in [0.4, 0.5) is 13.2 Å². The SMILES string of the molecule is CCC(F)(F)C(=O)C(=O)C(C)(C)F. The predicted molar refractivity (Wildman–Crippen MR) is 40.4 cm³/mol. The van der Waals surface area contributed by atoms with Crippen LogP contribution in [-0.2, 0) is 9.59 Å². The molecule has 0 aromatic rings. The third-order valence-electron chi connectivity index (χ3n) is 1.52. The minimum Gasteiger partial charge on any atom is -0.287 e. The summed E-state index contributed by atoms with van der Waals surface area (Å²) in [6.07, 6.45) is -0.798. The Balaban J connectivity index is 4.74. The second kappa shape index (κ2) is 3.47. The summed E-state index contributed by atoms with van der Waals surface area (Å²) in [6, 6.07) is 0. The van der Waals surface area contributed by atoms with Crippen molar-refractivity contribution in [2.24, 2.45) is 0 Å². The fourth-order valence-corrected chi connectivity index (χ4v) is 0.597. The number of alkyl halides is 3. The average Bonchev–Trinajstić information content (AvgIpc) is 2.00. The molecule has 0 aliphatic heterocycles. The molecule has 0 bridgehead atoms. The second-order valence-corrected chi connectivity index (χ2v) is 3.19. The van der Waals surface area contributed by atoms with Gasteiger partial charge < -0.3 is 0 Å². The molecule has 13 heavy (non-hydrogen) atoms. The molecule has 0 spiro atoms. The van der Waals surface area contributed by atoms with Crippen LogP contribution in [0.3, 0.4) is 0 Å². The largest absolute Gasteiger partial charge is 0.312 e. The van der Waals surface area contributed by atoms with Crippen LogP contribution in [0.1, 0.15) is 27.2 Å². The average molecular weight is 196 g/mol. The van der Waals surface area contributed by atoms with E-state index in [9.17, 15) is 22.8 Å². The quantitative estimate of drug-likeness (QED) is 0.643. The van der Waals surface area contributed by atoms with E-state index < -0.39 is 29.6 Å². The molecule has 0 heterocycles. The molecule has 0 fully saturated rings. The third-order valence-corrected chi connectivity index (χ3v) is 1.52. The molecule has 0 amide bonds. The highest BCUT2D eigenvalue weighted by molar-refractivity contribution is 6.42. The maximum Gasteiger partial charge on any atom is 0.312 e. The first-order chi connectivity index (χ1) is 5.63. The van der Waals surface area contributed by atoms with E-state index in [0.29, 0.717) is 0 Å². The fourth-order valence-electron chi connectivity index (χ4n) is 0.597. The lowest BCUT2D eigenvalue weighted by Gasteiger charge is -2.16. The van der Waals surface area contributed by atoms with Crippen LogP contribution in [0.25, 0.3) is 0 Å². The van der Waals surface area contributed by atoms with E-state index in [-0.39, 0.29) is 0 Å². The first kappa shape index (κ1) is 12.1. The molecule has 0 saturated heterocycles. The van der Waals surface area contributed by atoms with Crippen LogP contribution >= 0.6 is 0 Å². The van der Waals surface area contributed by atoms with E-state index in [1.54, 1.807) is 0 Å². The highest BCUT2D eigenvalue weighted by Gasteiger charge is 2.46. The third kappa shape index (κ3) is 2.82. The van der Waals surface area contributed by atoms with Gasteiger partial charge in [-0.2, -0.15) is 8.78 Å². The number of carbonyl (C=O) groups excluding carboxylic acids is 2. The monoisotopic (exact) mass is 196 g/mol. The summed E-state index contributed by atoms with van der Waals surface area (Å²) in [6.45, 7) is 2.61. The number of ketones is 2. The smallest absolute Gasteiger partial charge is 0.287 e. The van der Waals surface area contributed by atoms with Crippen molar-refractivity contribution in [2.75, 3.05) is 0 Å². The van der Waals surface area contributed by atoms with Gasteiger partial charge in [0.25, 0.3) is 5.78 Å². The van der Waals surface area contributed by atoms with Gasteiger partial charge in [0.2, 0.25) is 5.78 Å². The van der Waals surface area contributed by atoms with Gasteiger partial charge in [0.05, 0.1) is 0 Å². The van der Waals surface area contributed by atoms with E-state index in [4.69, 9.17) is 0 Å². The summed E-state index contributed by atoms with van der Waals surface area (Å²) in [5.74, 6) is -7.39. The molecule has 0 aromatic heterocycles. The Bertz CT molecular complexity index is 228. The lowest BCUT2D eigenvalue weighted by molar-refractivity contribution is -0.157. The highest BCUT2D eigenvalue weighted by atomic mass is 19.3. The summed E-state index contributed by atoms with van der Waals surface area (Å²) in [5.41, 5.74) is -2.53. The Morgan fingerprint density at radius 3 is 1.69 bits per heavy atom. The Kier molecular flexibility index (Phi) is 3.24. The molecule has 0 atom stereocenters. The maximum absolute atomic E-state index is 12.8. The van der Waals surface area contributed by atoms with Crippen LogP contribution in [0.15, 0.2) is 0 Å². The Labute approximate surface area is 74.1 Å². The molecule has 0 radical (unpaired) electrons. The van der Waals surface area contributed by atoms with E-state index in [0.717, 1.165) is 20.8 Å². The van der Waals surface area contributed by atoms with Crippen molar-refractivity contribution < 1.29 is 22.8 Å². The van der Waals surface area contributed by atoms with Crippen molar-refractivity contribution in [1.82, 2.24) is 0 Å². The van der Waals surface area contributed by atoms with Crippen LogP contribution in [-0.4, -0.2) is 23.2 Å². The van der Waals surface area contributed by atoms with Crippen LogP contribution in [0.2, 0.25) is 0 Å². The minimum atomic E-state index is -3.75. The van der Waals surface area contributed by atoms with Crippen LogP contribution in [0, 0.1) is 0 Å². The Hall–Kier alpha value is -0.870. The highest BCUT2D eigenvalue weighted by Crippen LogP contribution is 2.23. The molecule has 5 heteroatoms. The molecule has 2 nitrogen and oxygen atoms in total. The van der Waals surface area contributed by atoms with Gasteiger partial charge >= 0.3 is 5.92 Å². The van der Waals surface area contributed by atoms with Crippen molar-refractivity contribution in [3.05, 3.63) is 0 Å². The van der Waals surface area contributed by atoms with Gasteiger partial charge in [-0.15, -0.1) is 0 Å². The maximum atomic E-state index is 12.8. The summed E-state index contributed by atoms with van der Waals surface area (Å²) in [7, 11) is 0. The predicted octanol–water partition coefficient (Wildman–Crippen LogP) is 1.92. The molecular weight excluding hydrogens is 185 g/mol. The number of rotatable bonds is 4. The number of hydrogen-bond acceptors (Lipinski definition) is 2. The summed E-state index contributed by atoms with van der Waals surface area (Å²) >= 11 is 0. The summed E-state index contributed by atoms with van der Waals surface area (Å²) in [5, 5.41) is 0. The summed E-state index contributed by atoms with van der Waals surface area (Å²) < 4.78 is 38.0. The van der Waals surface area contributed by atoms with Gasteiger partial charge in [-0.1, -0.05) is 6.92 Å². The summed E-state index contributed by atoms with van der Waals surface area (Å²) in [4.78, 5) is 21.5. The Morgan fingerprint density at radius 2 is 1.46 bits per heavy atom. The topological polar surface area (TPSA) is 34.1 Å². The molecule has 76 valence electrons. The van der Waals surface area contributed by atoms with E-state index in [2.05, 4.69) is 0 Å². The van der Waals surface area contributed by atoms with Gasteiger partial charge in [-0.25, -0.2) is 4.39 Å². The molecule has 0 aromatic carbocycles. The normalized spacial score (nSPS) is 12.8. The minimum absolute atomic E-state index is 0.777. The number of carbonyl (C=O) groups is 2. The lowest BCUT2D eigenvalue weighted by atomic mass is 9.97. The van der Waals surface area contributed by atoms with E-state index in [1.807, 2.05) is 0 Å². The van der Waals surface area contributed by atoms with Crippen molar-refractivity contribution in [2.45, 2.75) is 38.8 Å². The van der Waals surface area contributed by atoms with Gasteiger partial charge in [0, 0.05) is 6.42 Å². The van der Waals surface area contributed by atoms with E-state index >= 15 is 0 Å². The van der Waals surface area contributed by atoms with Crippen molar-refractivity contribution in [3.63, 3.8) is 0 Å². The fraction of sp³-hybridized carbons (Fsp3) is 0.750. The zero-order valence-electron chi connectivity index (χ0n) is 7.66. The zero-order chi connectivity index (χ0) is 10.9. The second-order valence-electron chi connectivity index (χ2n) is 3.19. The molecule has 0 N–H and O–H groups in total. The van der Waals surface area contributed by atoms with Gasteiger partial charge in [-0.05, 0) is 13.8 Å². The molecule has 0 unspecified atom stereocenters. The van der Waals surface area contributed by atoms with Crippen molar-refractivity contribution in [1.29, 1.82) is 0 Å². The first-order valence-electron chi connectivity index (χ1n) is 3.79. The standard InChI is InChI=1S/C8H11F3O2/c1-4-8(10,11)6(13)5(12)7(2,3)9/h4H2,1-3H3. The molecule has 0 saturated carbocycles.